The molecule has 0 atom stereocenters. The molecule has 0 amide bonds. The first-order valence-corrected chi connectivity index (χ1v) is 30.6. The van der Waals surface area contributed by atoms with Crippen molar-refractivity contribution in [1.82, 2.24) is 24.5 Å². The van der Waals surface area contributed by atoms with Crippen LogP contribution >= 0.6 is 11.6 Å². The Hall–Kier alpha value is -11.9. The maximum atomic E-state index is 6.39. The number of halogens is 1. The number of benzene rings is 12. The third kappa shape index (κ3) is 8.69. The lowest BCUT2D eigenvalue weighted by Gasteiger charge is -2.11. The van der Waals surface area contributed by atoms with Crippen LogP contribution in [0.25, 0.3) is 172 Å². The topological polar surface area (TPSA) is 109 Å². The molecule has 7 aromatic heterocycles. The number of hydrogen-bond acceptors (Lipinski definition) is 8. The zero-order chi connectivity index (χ0) is 60.1. The summed E-state index contributed by atoms with van der Waals surface area (Å²) in [6.45, 7) is 0. The Labute approximate surface area is 524 Å². The number of para-hydroxylation sites is 5. The highest BCUT2D eigenvalue weighted by Crippen LogP contribution is 2.45. The van der Waals surface area contributed by atoms with Gasteiger partial charge in [-0.15, -0.1) is 0 Å². The summed E-state index contributed by atoms with van der Waals surface area (Å²) in [5.41, 5.74) is 22.6. The summed E-state index contributed by atoms with van der Waals surface area (Å²) < 4.78 is 27.1. The lowest BCUT2D eigenvalue weighted by atomic mass is 10.0. The summed E-state index contributed by atoms with van der Waals surface area (Å²) in [7, 11) is 0. The summed E-state index contributed by atoms with van der Waals surface area (Å²) in [4.78, 5) is 19.7. The lowest BCUT2D eigenvalue weighted by molar-refractivity contribution is 0.667. The van der Waals surface area contributed by atoms with E-state index in [1.54, 1.807) is 0 Å². The number of rotatable bonds is 5. The van der Waals surface area contributed by atoms with E-state index in [4.69, 9.17) is 49.2 Å². The Kier molecular flexibility index (Phi) is 12.1. The van der Waals surface area contributed by atoms with Crippen molar-refractivity contribution in [3.05, 3.63) is 295 Å². The average Bonchev–Trinajstić information content (AvgIpc) is 1.60. The smallest absolute Gasteiger partial charge is 0.180 e. The zero-order valence-corrected chi connectivity index (χ0v) is 49.3. The van der Waals surface area contributed by atoms with Gasteiger partial charge in [-0.3, -0.25) is 0 Å². The number of furan rings is 4. The van der Waals surface area contributed by atoms with Gasteiger partial charge in [-0.25, -0.2) is 19.9 Å². The molecule has 0 bridgehead atoms. The molecule has 12 aromatic carbocycles. The van der Waals surface area contributed by atoms with E-state index in [9.17, 15) is 0 Å². The summed E-state index contributed by atoms with van der Waals surface area (Å²) in [5, 5.41) is 9.80. The Balaban J connectivity index is 0.000000112. The van der Waals surface area contributed by atoms with Gasteiger partial charge in [-0.05, 0) is 114 Å². The van der Waals surface area contributed by atoms with Crippen LogP contribution in [0.5, 0.6) is 0 Å². The van der Waals surface area contributed by atoms with E-state index in [2.05, 4.69) is 132 Å². The van der Waals surface area contributed by atoms with Gasteiger partial charge in [0.1, 0.15) is 55.9 Å². The third-order valence-corrected chi connectivity index (χ3v) is 17.8. The molecule has 7 heterocycles. The fourth-order valence-corrected chi connectivity index (χ4v) is 13.5. The van der Waals surface area contributed by atoms with Gasteiger partial charge < -0.3 is 22.2 Å². The molecule has 9 nitrogen and oxygen atoms in total. The summed E-state index contributed by atoms with van der Waals surface area (Å²) in [5.74, 6) is 1.35. The van der Waals surface area contributed by atoms with E-state index in [-0.39, 0.29) is 0 Å². The minimum absolute atomic E-state index is 0.672. The second-order valence-corrected chi connectivity index (χ2v) is 23.2. The fraction of sp³-hybridized carbons (Fsp3) is 0.0123. The lowest BCUT2D eigenvalue weighted by Crippen LogP contribution is -1.96. The van der Waals surface area contributed by atoms with E-state index in [1.807, 2.05) is 152 Å². The molecule has 19 aromatic rings. The SMILES string of the molecule is Clc1ccc(-c2nc(-c3ccccc3)nc3c2oc2ccccc23)cc1.c1ccc(-c2nc(-c3ccc(-n4c5ccccc5c5ccc6oc7ccccc7c6c54)cc3)c3oc4ccccc4c3n2)cc1.c1ccc2c(c1)Cc1c-2ccc2oc3ccccc3c12. The van der Waals surface area contributed by atoms with Gasteiger partial charge in [0.25, 0.3) is 0 Å². The molecule has 0 spiro atoms. The van der Waals surface area contributed by atoms with Gasteiger partial charge in [-0.1, -0.05) is 206 Å². The third-order valence-electron chi connectivity index (χ3n) is 17.5. The van der Waals surface area contributed by atoms with E-state index < -0.39 is 0 Å². The predicted molar refractivity (Wildman–Crippen MR) is 369 cm³/mol. The standard InChI is InChI=1S/C40H23N3O2.C22H13ClN2O.C19H12O/c1-2-10-25(11-3-1)40-41-36(39-37(42-40)30-14-6-9-17-33(30)45-39)24-18-20-26(21-19-24)43-31-15-7-4-12-27(31)28-22-23-34-35(38(28)43)29-13-5-8-16-32(29)44-34;23-16-12-10-14(11-13-16)19-21-20(17-8-4-5-9-18(17)26-21)25-22(24-19)15-6-2-1-3-7-15;1-2-6-13-12(5-1)11-16-14(13)9-10-18-19(16)15-7-3-4-8-17(15)20-18/h1-23H;1-13H;1-10H,11H2. The summed E-state index contributed by atoms with van der Waals surface area (Å²) in [6.07, 6.45) is 1.01. The zero-order valence-electron chi connectivity index (χ0n) is 48.5. The van der Waals surface area contributed by atoms with Crippen molar-refractivity contribution in [2.45, 2.75) is 6.42 Å². The highest BCUT2D eigenvalue weighted by molar-refractivity contribution is 6.30. The molecular weight excluding hydrogens is 1140 g/mol. The van der Waals surface area contributed by atoms with Crippen molar-refractivity contribution in [3.8, 4) is 62.1 Å². The van der Waals surface area contributed by atoms with Crippen LogP contribution in [-0.2, 0) is 6.42 Å². The van der Waals surface area contributed by atoms with Crippen LogP contribution < -0.4 is 0 Å². The highest BCUT2D eigenvalue weighted by Gasteiger charge is 2.25. The first kappa shape index (κ1) is 52.2. The molecule has 1 aliphatic carbocycles. The number of nitrogens with zero attached hydrogens (tertiary/aromatic N) is 5. The van der Waals surface area contributed by atoms with Gasteiger partial charge in [0.2, 0.25) is 0 Å². The van der Waals surface area contributed by atoms with Crippen LogP contribution in [0.15, 0.2) is 297 Å². The van der Waals surface area contributed by atoms with Gasteiger partial charge in [0, 0.05) is 70.7 Å². The molecule has 0 radical (unpaired) electrons. The molecule has 0 aliphatic heterocycles. The highest BCUT2D eigenvalue weighted by atomic mass is 35.5. The Morgan fingerprint density at radius 3 is 1.37 bits per heavy atom. The molecule has 0 saturated heterocycles. The second-order valence-electron chi connectivity index (χ2n) is 22.8. The van der Waals surface area contributed by atoms with Crippen molar-refractivity contribution in [2.24, 2.45) is 0 Å². The molecule has 20 rings (SSSR count). The molecule has 0 N–H and O–H groups in total. The normalized spacial score (nSPS) is 12.0. The Bertz CT molecular complexity index is 6060. The molecule has 428 valence electrons. The van der Waals surface area contributed by atoms with E-state index in [1.165, 1.54) is 43.8 Å². The first-order valence-electron chi connectivity index (χ1n) is 30.2. The monoisotopic (exact) mass is 1190 g/mol. The van der Waals surface area contributed by atoms with Gasteiger partial charge in [-0.2, -0.15) is 0 Å². The molecule has 0 saturated carbocycles. The minimum Gasteiger partial charge on any atom is -0.456 e. The van der Waals surface area contributed by atoms with Crippen molar-refractivity contribution in [3.63, 3.8) is 0 Å². The molecular formula is C81H48ClN5O4. The van der Waals surface area contributed by atoms with Crippen LogP contribution in [-0.4, -0.2) is 24.5 Å². The van der Waals surface area contributed by atoms with E-state index >= 15 is 0 Å². The summed E-state index contributed by atoms with van der Waals surface area (Å²) >= 11 is 6.05. The van der Waals surface area contributed by atoms with Crippen LogP contribution in [0.4, 0.5) is 0 Å². The van der Waals surface area contributed by atoms with Crippen LogP contribution in [0.2, 0.25) is 5.02 Å². The van der Waals surface area contributed by atoms with E-state index in [0.29, 0.717) is 27.8 Å². The quantitative estimate of drug-likeness (QED) is 0.168. The predicted octanol–water partition coefficient (Wildman–Crippen LogP) is 22.2. The van der Waals surface area contributed by atoms with Crippen molar-refractivity contribution in [2.75, 3.05) is 0 Å². The van der Waals surface area contributed by atoms with Crippen LogP contribution in [0, 0.1) is 0 Å². The van der Waals surface area contributed by atoms with Gasteiger partial charge in [0.05, 0.1) is 16.4 Å². The Morgan fingerprint density at radius 2 is 0.780 bits per heavy atom. The maximum absolute atomic E-state index is 6.39. The number of aromatic nitrogens is 5. The van der Waals surface area contributed by atoms with Crippen LogP contribution in [0.3, 0.4) is 0 Å². The van der Waals surface area contributed by atoms with Crippen molar-refractivity contribution in [1.29, 1.82) is 0 Å². The Morgan fingerprint density at radius 1 is 0.319 bits per heavy atom. The minimum atomic E-state index is 0.672. The van der Waals surface area contributed by atoms with Gasteiger partial charge in [0.15, 0.2) is 22.8 Å². The van der Waals surface area contributed by atoms with E-state index in [0.717, 1.165) is 123 Å². The molecule has 0 unspecified atom stereocenters. The average molecular weight is 1190 g/mol. The molecule has 1 aliphatic rings. The molecule has 10 heteroatoms. The molecule has 91 heavy (non-hydrogen) atoms. The van der Waals surface area contributed by atoms with Gasteiger partial charge >= 0.3 is 0 Å². The van der Waals surface area contributed by atoms with Crippen molar-refractivity contribution >= 4 is 121 Å². The first-order chi connectivity index (χ1) is 45.0. The fourth-order valence-electron chi connectivity index (χ4n) is 13.4. The van der Waals surface area contributed by atoms with Crippen LogP contribution in [0.1, 0.15) is 11.1 Å². The summed E-state index contributed by atoms with van der Waals surface area (Å²) in [6, 6.07) is 94.7. The van der Waals surface area contributed by atoms with Crippen molar-refractivity contribution < 1.29 is 17.7 Å². The number of fused-ring (bicyclic) bond motifs is 20. The molecule has 0 fully saturated rings. The largest absolute Gasteiger partial charge is 0.456 e. The second kappa shape index (κ2) is 21.2. The number of hydrogen-bond donors (Lipinski definition) is 0. The maximum Gasteiger partial charge on any atom is 0.180 e.